The Kier molecular flexibility index (Phi) is 7.31. The summed E-state index contributed by atoms with van der Waals surface area (Å²) in [4.78, 5) is 40.5. The second-order valence-corrected chi connectivity index (χ2v) is 8.22. The molecule has 4 rings (SSSR count). The Labute approximate surface area is 206 Å². The van der Waals surface area contributed by atoms with Gasteiger partial charge in [-0.05, 0) is 29.8 Å². The third-order valence-corrected chi connectivity index (χ3v) is 5.57. The summed E-state index contributed by atoms with van der Waals surface area (Å²) in [5.74, 6) is 0.0655. The van der Waals surface area contributed by atoms with Crippen molar-refractivity contribution in [2.45, 2.75) is 26.9 Å². The van der Waals surface area contributed by atoms with Gasteiger partial charge in [0.1, 0.15) is 25.5 Å². The molecule has 1 aromatic heterocycles. The first-order valence-electron chi connectivity index (χ1n) is 10.8. The molecule has 0 fully saturated rings. The van der Waals surface area contributed by atoms with E-state index in [1.807, 2.05) is 18.2 Å². The number of amides is 2. The van der Waals surface area contributed by atoms with E-state index in [2.05, 4.69) is 10.2 Å². The number of aromatic nitrogens is 2. The number of anilines is 1. The zero-order valence-corrected chi connectivity index (χ0v) is 19.9. The van der Waals surface area contributed by atoms with Crippen LogP contribution >= 0.6 is 11.6 Å². The average Bonchev–Trinajstić information content (AvgIpc) is 3.18. The molecular formula is C24H23ClN4O6. The molecule has 0 bridgehead atoms. The maximum absolute atomic E-state index is 13.5. The minimum Gasteiger partial charge on any atom is -0.490 e. The van der Waals surface area contributed by atoms with Crippen LogP contribution in [-0.4, -0.2) is 52.6 Å². The number of nitrogens with zero attached hydrogens (tertiary/aromatic N) is 4. The van der Waals surface area contributed by atoms with E-state index < -0.39 is 11.9 Å². The summed E-state index contributed by atoms with van der Waals surface area (Å²) in [6.07, 6.45) is 0. The molecule has 1 aliphatic heterocycles. The lowest BCUT2D eigenvalue weighted by atomic mass is 10.1. The SMILES string of the molecule is CC(=O)OCCOc1ccc(C(=O)N2CC(=O)N(Cc3nnc(C)o3)Cc3ccccc32)c(Cl)c1. The highest BCUT2D eigenvalue weighted by molar-refractivity contribution is 6.34. The summed E-state index contributed by atoms with van der Waals surface area (Å²) in [6, 6.07) is 12.0. The number of ether oxygens (including phenoxy) is 2. The summed E-state index contributed by atoms with van der Waals surface area (Å²) < 4.78 is 15.8. The number of carbonyl (C=O) groups excluding carboxylic acids is 3. The van der Waals surface area contributed by atoms with Crippen LogP contribution in [0.4, 0.5) is 5.69 Å². The smallest absolute Gasteiger partial charge is 0.302 e. The molecule has 0 saturated carbocycles. The van der Waals surface area contributed by atoms with Gasteiger partial charge < -0.3 is 18.8 Å². The molecule has 0 N–H and O–H groups in total. The largest absolute Gasteiger partial charge is 0.490 e. The van der Waals surface area contributed by atoms with E-state index in [1.54, 1.807) is 30.0 Å². The zero-order chi connectivity index (χ0) is 24.9. The van der Waals surface area contributed by atoms with Crippen LogP contribution in [0.2, 0.25) is 5.02 Å². The molecule has 10 nitrogen and oxygen atoms in total. The number of hydrogen-bond donors (Lipinski definition) is 0. The molecule has 1 aliphatic rings. The Morgan fingerprint density at radius 3 is 2.63 bits per heavy atom. The summed E-state index contributed by atoms with van der Waals surface area (Å²) in [6.45, 7) is 3.47. The summed E-state index contributed by atoms with van der Waals surface area (Å²) in [7, 11) is 0. The van der Waals surface area contributed by atoms with Crippen molar-refractivity contribution in [2.75, 3.05) is 24.7 Å². The van der Waals surface area contributed by atoms with E-state index in [9.17, 15) is 14.4 Å². The van der Waals surface area contributed by atoms with E-state index in [0.29, 0.717) is 23.2 Å². The van der Waals surface area contributed by atoms with Gasteiger partial charge in [0.05, 0.1) is 17.1 Å². The first-order chi connectivity index (χ1) is 16.8. The third kappa shape index (κ3) is 5.78. The number of carbonyl (C=O) groups is 3. The van der Waals surface area contributed by atoms with Gasteiger partial charge in [-0.15, -0.1) is 10.2 Å². The highest BCUT2D eigenvalue weighted by atomic mass is 35.5. The van der Waals surface area contributed by atoms with Gasteiger partial charge in [0.15, 0.2) is 0 Å². The van der Waals surface area contributed by atoms with Crippen molar-refractivity contribution in [3.05, 3.63) is 70.4 Å². The zero-order valence-electron chi connectivity index (χ0n) is 19.2. The van der Waals surface area contributed by atoms with Gasteiger partial charge in [0, 0.05) is 26.1 Å². The van der Waals surface area contributed by atoms with Crippen LogP contribution < -0.4 is 9.64 Å². The number of hydrogen-bond acceptors (Lipinski definition) is 8. The predicted molar refractivity (Wildman–Crippen MR) is 125 cm³/mol. The van der Waals surface area contributed by atoms with Crippen molar-refractivity contribution < 1.29 is 28.3 Å². The quantitative estimate of drug-likeness (QED) is 0.360. The third-order valence-electron chi connectivity index (χ3n) is 5.26. The number of para-hydroxylation sites is 1. The average molecular weight is 499 g/mol. The van der Waals surface area contributed by atoms with Crippen molar-refractivity contribution in [1.82, 2.24) is 15.1 Å². The van der Waals surface area contributed by atoms with E-state index >= 15 is 0 Å². The van der Waals surface area contributed by atoms with Crippen LogP contribution in [0.15, 0.2) is 46.9 Å². The Hall–Kier alpha value is -3.92. The molecule has 2 heterocycles. The van der Waals surface area contributed by atoms with Gasteiger partial charge in [-0.25, -0.2) is 0 Å². The number of esters is 1. The predicted octanol–water partition coefficient (Wildman–Crippen LogP) is 3.16. The fourth-order valence-electron chi connectivity index (χ4n) is 3.66. The molecule has 0 radical (unpaired) electrons. The van der Waals surface area contributed by atoms with Crippen molar-refractivity contribution in [3.63, 3.8) is 0 Å². The topological polar surface area (TPSA) is 115 Å². The van der Waals surface area contributed by atoms with E-state index in [-0.39, 0.29) is 49.3 Å². The molecule has 0 aliphatic carbocycles. The summed E-state index contributed by atoms with van der Waals surface area (Å²) >= 11 is 6.41. The minimum atomic E-state index is -0.419. The molecular weight excluding hydrogens is 476 g/mol. The molecule has 35 heavy (non-hydrogen) atoms. The number of rotatable bonds is 7. The fourth-order valence-corrected chi connectivity index (χ4v) is 3.91. The van der Waals surface area contributed by atoms with E-state index in [0.717, 1.165) is 5.56 Å². The molecule has 2 amide bonds. The Morgan fingerprint density at radius 1 is 1.11 bits per heavy atom. The van der Waals surface area contributed by atoms with Crippen LogP contribution in [0.5, 0.6) is 5.75 Å². The molecule has 0 spiro atoms. The van der Waals surface area contributed by atoms with Gasteiger partial charge in [0.2, 0.25) is 17.7 Å². The van der Waals surface area contributed by atoms with Crippen molar-refractivity contribution >= 4 is 35.1 Å². The molecule has 2 aromatic carbocycles. The van der Waals surface area contributed by atoms with Gasteiger partial charge >= 0.3 is 5.97 Å². The number of benzene rings is 2. The second-order valence-electron chi connectivity index (χ2n) is 7.81. The highest BCUT2D eigenvalue weighted by Gasteiger charge is 2.31. The monoisotopic (exact) mass is 498 g/mol. The number of fused-ring (bicyclic) bond motifs is 1. The van der Waals surface area contributed by atoms with Crippen LogP contribution in [0, 0.1) is 6.92 Å². The van der Waals surface area contributed by atoms with Crippen LogP contribution in [0.1, 0.15) is 34.6 Å². The van der Waals surface area contributed by atoms with E-state index in [4.69, 9.17) is 25.5 Å². The van der Waals surface area contributed by atoms with E-state index in [1.165, 1.54) is 17.9 Å². The van der Waals surface area contributed by atoms with Crippen LogP contribution in [0.3, 0.4) is 0 Å². The molecule has 182 valence electrons. The maximum Gasteiger partial charge on any atom is 0.302 e. The summed E-state index contributed by atoms with van der Waals surface area (Å²) in [5, 5.41) is 7.96. The van der Waals surface area contributed by atoms with Crippen molar-refractivity contribution in [2.24, 2.45) is 0 Å². The first-order valence-corrected chi connectivity index (χ1v) is 11.2. The second kappa shape index (κ2) is 10.6. The highest BCUT2D eigenvalue weighted by Crippen LogP contribution is 2.30. The molecule has 11 heteroatoms. The lowest BCUT2D eigenvalue weighted by Gasteiger charge is -2.23. The van der Waals surface area contributed by atoms with Gasteiger partial charge in [-0.2, -0.15) is 0 Å². The molecule has 3 aromatic rings. The van der Waals surface area contributed by atoms with Crippen molar-refractivity contribution in [1.29, 1.82) is 0 Å². The standard InChI is InChI=1S/C24H23ClN4O6/c1-15-26-27-22(35-15)13-28-12-17-5-3-4-6-21(17)29(14-23(28)31)24(32)19-8-7-18(11-20(19)25)34-10-9-33-16(2)30/h3-8,11H,9-10,12-14H2,1-2H3. The number of halogens is 1. The minimum absolute atomic E-state index is 0.0972. The molecule has 0 atom stereocenters. The fraction of sp³-hybridized carbons (Fsp3) is 0.292. The lowest BCUT2D eigenvalue weighted by molar-refractivity contribution is -0.141. The molecule has 0 unspecified atom stereocenters. The van der Waals surface area contributed by atoms with Gasteiger partial charge in [0.25, 0.3) is 5.91 Å². The van der Waals surface area contributed by atoms with Crippen LogP contribution in [0.25, 0.3) is 0 Å². The van der Waals surface area contributed by atoms with Gasteiger partial charge in [-0.3, -0.25) is 19.3 Å². The normalized spacial score (nSPS) is 13.3. The van der Waals surface area contributed by atoms with Gasteiger partial charge in [-0.1, -0.05) is 29.8 Å². The summed E-state index contributed by atoms with van der Waals surface area (Å²) in [5.41, 5.74) is 1.64. The Bertz CT molecular complexity index is 1260. The van der Waals surface area contributed by atoms with Crippen LogP contribution in [-0.2, 0) is 27.4 Å². The maximum atomic E-state index is 13.5. The Balaban J connectivity index is 1.54. The molecule has 0 saturated heterocycles. The first kappa shape index (κ1) is 24.2. The lowest BCUT2D eigenvalue weighted by Crippen LogP contribution is -2.40. The van der Waals surface area contributed by atoms with Crippen molar-refractivity contribution in [3.8, 4) is 5.75 Å². The Morgan fingerprint density at radius 2 is 1.91 bits per heavy atom. The number of aryl methyl sites for hydroxylation is 1.